The first-order chi connectivity index (χ1) is 7.89. The highest BCUT2D eigenvalue weighted by Gasteiger charge is 2.11. The van der Waals surface area contributed by atoms with Crippen LogP contribution in [-0.2, 0) is 20.6 Å². The van der Waals surface area contributed by atoms with Crippen molar-refractivity contribution >= 4 is 16.0 Å². The number of hydrogen-bond acceptors (Lipinski definition) is 3. The van der Waals surface area contributed by atoms with Crippen molar-refractivity contribution in [2.75, 3.05) is 6.54 Å². The molecule has 1 rings (SSSR count). The number of carboxylic acid groups (broad SMARTS) is 1. The van der Waals surface area contributed by atoms with Gasteiger partial charge in [0.2, 0.25) is 10.0 Å². The molecule has 94 valence electrons. The molecule has 0 atom stereocenters. The zero-order valence-corrected chi connectivity index (χ0v) is 10.3. The van der Waals surface area contributed by atoms with Crippen LogP contribution in [0.1, 0.15) is 17.5 Å². The fourth-order valence-electron chi connectivity index (χ4n) is 1.39. The molecule has 1 aromatic rings. The van der Waals surface area contributed by atoms with Crippen LogP contribution < -0.4 is 4.72 Å². The van der Waals surface area contributed by atoms with E-state index in [-0.39, 0.29) is 18.7 Å². The van der Waals surface area contributed by atoms with Crippen molar-refractivity contribution in [1.82, 2.24) is 4.72 Å². The van der Waals surface area contributed by atoms with Crippen LogP contribution in [0.15, 0.2) is 24.3 Å². The smallest absolute Gasteiger partial charge is 0.304 e. The molecule has 0 saturated heterocycles. The van der Waals surface area contributed by atoms with Crippen LogP contribution in [0, 0.1) is 6.92 Å². The van der Waals surface area contributed by atoms with E-state index in [1.165, 1.54) is 0 Å². The number of hydrogen-bond donors (Lipinski definition) is 2. The van der Waals surface area contributed by atoms with Gasteiger partial charge in [0.1, 0.15) is 0 Å². The van der Waals surface area contributed by atoms with Crippen molar-refractivity contribution in [3.05, 3.63) is 35.4 Å². The van der Waals surface area contributed by atoms with Gasteiger partial charge in [0.15, 0.2) is 0 Å². The largest absolute Gasteiger partial charge is 0.481 e. The summed E-state index contributed by atoms with van der Waals surface area (Å²) in [6, 6.07) is 7.19. The Morgan fingerprint density at radius 2 is 2.12 bits per heavy atom. The van der Waals surface area contributed by atoms with Crippen LogP contribution in [0.5, 0.6) is 0 Å². The van der Waals surface area contributed by atoms with Crippen molar-refractivity contribution in [1.29, 1.82) is 0 Å². The third-order valence-corrected chi connectivity index (χ3v) is 3.46. The molecular weight excluding hydrogens is 242 g/mol. The Morgan fingerprint density at radius 3 is 2.71 bits per heavy atom. The molecule has 2 N–H and O–H groups in total. The molecule has 0 aliphatic rings. The lowest BCUT2D eigenvalue weighted by Gasteiger charge is -2.06. The number of aliphatic carboxylic acids is 1. The standard InChI is InChI=1S/C11H15NO4S/c1-9-3-2-4-10(7-9)8-17(15,16)12-6-5-11(13)14/h2-4,7,12H,5-6,8H2,1H3,(H,13,14). The van der Waals surface area contributed by atoms with Gasteiger partial charge in [-0.15, -0.1) is 0 Å². The molecule has 0 amide bonds. The van der Waals surface area contributed by atoms with E-state index < -0.39 is 16.0 Å². The normalized spacial score (nSPS) is 11.4. The Balaban J connectivity index is 2.57. The number of carbonyl (C=O) groups is 1. The van der Waals surface area contributed by atoms with E-state index >= 15 is 0 Å². The number of benzene rings is 1. The van der Waals surface area contributed by atoms with Crippen LogP contribution in [0.2, 0.25) is 0 Å². The van der Waals surface area contributed by atoms with Gasteiger partial charge in [-0.3, -0.25) is 4.79 Å². The highest BCUT2D eigenvalue weighted by Crippen LogP contribution is 2.07. The van der Waals surface area contributed by atoms with E-state index in [9.17, 15) is 13.2 Å². The van der Waals surface area contributed by atoms with E-state index in [1.54, 1.807) is 18.2 Å². The summed E-state index contributed by atoms with van der Waals surface area (Å²) in [4.78, 5) is 10.3. The lowest BCUT2D eigenvalue weighted by atomic mass is 10.2. The predicted molar refractivity (Wildman–Crippen MR) is 64.1 cm³/mol. The number of rotatable bonds is 6. The van der Waals surface area contributed by atoms with E-state index in [1.807, 2.05) is 13.0 Å². The maximum Gasteiger partial charge on any atom is 0.304 e. The SMILES string of the molecule is Cc1cccc(CS(=O)(=O)NCCC(=O)O)c1. The van der Waals surface area contributed by atoms with Gasteiger partial charge < -0.3 is 5.11 Å². The van der Waals surface area contributed by atoms with Gasteiger partial charge in [-0.25, -0.2) is 13.1 Å². The van der Waals surface area contributed by atoms with Gasteiger partial charge in [-0.1, -0.05) is 29.8 Å². The highest BCUT2D eigenvalue weighted by molar-refractivity contribution is 7.88. The summed E-state index contributed by atoms with van der Waals surface area (Å²) in [6.45, 7) is 1.80. The minimum Gasteiger partial charge on any atom is -0.481 e. The Labute approximate surface area is 101 Å². The Morgan fingerprint density at radius 1 is 1.41 bits per heavy atom. The molecule has 0 aliphatic carbocycles. The number of aryl methyl sites for hydroxylation is 1. The molecule has 0 radical (unpaired) electrons. The van der Waals surface area contributed by atoms with E-state index in [0.29, 0.717) is 5.56 Å². The number of carboxylic acids is 1. The molecule has 0 spiro atoms. The molecule has 0 unspecified atom stereocenters. The fourth-order valence-corrected chi connectivity index (χ4v) is 2.52. The zero-order chi connectivity index (χ0) is 12.9. The van der Waals surface area contributed by atoms with E-state index in [0.717, 1.165) is 5.56 Å². The third kappa shape index (κ3) is 5.46. The second-order valence-electron chi connectivity index (χ2n) is 3.79. The monoisotopic (exact) mass is 257 g/mol. The van der Waals surface area contributed by atoms with Crippen LogP contribution in [0.4, 0.5) is 0 Å². The molecule has 0 bridgehead atoms. The molecule has 0 heterocycles. The van der Waals surface area contributed by atoms with E-state index in [4.69, 9.17) is 5.11 Å². The van der Waals surface area contributed by atoms with Gasteiger partial charge in [0, 0.05) is 6.54 Å². The summed E-state index contributed by atoms with van der Waals surface area (Å²) in [5.74, 6) is -1.16. The quantitative estimate of drug-likeness (QED) is 0.792. The van der Waals surface area contributed by atoms with Gasteiger partial charge in [-0.2, -0.15) is 0 Å². The summed E-state index contributed by atoms with van der Waals surface area (Å²) >= 11 is 0. The van der Waals surface area contributed by atoms with Crippen LogP contribution in [0.25, 0.3) is 0 Å². The number of nitrogens with one attached hydrogen (secondary N) is 1. The van der Waals surface area contributed by atoms with E-state index in [2.05, 4.69) is 4.72 Å². The van der Waals surface area contributed by atoms with Crippen molar-refractivity contribution in [3.8, 4) is 0 Å². The van der Waals surface area contributed by atoms with Crippen molar-refractivity contribution < 1.29 is 18.3 Å². The number of sulfonamides is 1. The average molecular weight is 257 g/mol. The highest BCUT2D eigenvalue weighted by atomic mass is 32.2. The summed E-state index contributed by atoms with van der Waals surface area (Å²) in [6.07, 6.45) is -0.215. The second-order valence-corrected chi connectivity index (χ2v) is 5.59. The van der Waals surface area contributed by atoms with Crippen LogP contribution >= 0.6 is 0 Å². The van der Waals surface area contributed by atoms with Gasteiger partial charge in [-0.05, 0) is 12.5 Å². The van der Waals surface area contributed by atoms with Crippen molar-refractivity contribution in [2.24, 2.45) is 0 Å². The van der Waals surface area contributed by atoms with Gasteiger partial charge in [0.25, 0.3) is 0 Å². The molecule has 0 fully saturated rings. The Kier molecular flexibility index (Phi) is 4.65. The second kappa shape index (κ2) is 5.79. The average Bonchev–Trinajstić information content (AvgIpc) is 2.15. The first kappa shape index (κ1) is 13.7. The van der Waals surface area contributed by atoms with Gasteiger partial charge >= 0.3 is 5.97 Å². The van der Waals surface area contributed by atoms with Crippen molar-refractivity contribution in [3.63, 3.8) is 0 Å². The molecule has 17 heavy (non-hydrogen) atoms. The Hall–Kier alpha value is -1.40. The molecule has 6 heteroatoms. The minimum absolute atomic E-state index is 0.0799. The van der Waals surface area contributed by atoms with Gasteiger partial charge in [0.05, 0.1) is 12.2 Å². The summed E-state index contributed by atoms with van der Waals surface area (Å²) in [7, 11) is -3.46. The molecule has 0 aromatic heterocycles. The lowest BCUT2D eigenvalue weighted by molar-refractivity contribution is -0.136. The molecule has 1 aromatic carbocycles. The van der Waals surface area contributed by atoms with Crippen LogP contribution in [0.3, 0.4) is 0 Å². The lowest BCUT2D eigenvalue weighted by Crippen LogP contribution is -2.27. The molecule has 0 saturated carbocycles. The Bertz CT molecular complexity index is 496. The predicted octanol–water partition coefficient (Wildman–Crippen LogP) is 0.889. The van der Waals surface area contributed by atoms with Crippen LogP contribution in [-0.4, -0.2) is 26.0 Å². The first-order valence-corrected chi connectivity index (χ1v) is 6.79. The van der Waals surface area contributed by atoms with Crippen molar-refractivity contribution in [2.45, 2.75) is 19.1 Å². The molecule has 0 aliphatic heterocycles. The maximum atomic E-state index is 11.6. The molecule has 5 nitrogen and oxygen atoms in total. The summed E-state index contributed by atoms with van der Waals surface area (Å²) in [5.41, 5.74) is 1.68. The molecular formula is C11H15NO4S. The first-order valence-electron chi connectivity index (χ1n) is 5.14. The summed E-state index contributed by atoms with van der Waals surface area (Å²) < 4.78 is 25.4. The maximum absolute atomic E-state index is 11.6. The third-order valence-electron chi connectivity index (χ3n) is 2.10. The zero-order valence-electron chi connectivity index (χ0n) is 9.51. The minimum atomic E-state index is -3.46. The topological polar surface area (TPSA) is 83.5 Å². The summed E-state index contributed by atoms with van der Waals surface area (Å²) in [5, 5.41) is 8.40. The fraction of sp³-hybridized carbons (Fsp3) is 0.364.